The van der Waals surface area contributed by atoms with Crippen molar-refractivity contribution in [3.05, 3.63) is 18.2 Å². The number of anilines is 1. The Kier molecular flexibility index (Phi) is 2.49. The van der Waals surface area contributed by atoms with Gasteiger partial charge in [-0.15, -0.1) is 0 Å². The molecule has 0 aliphatic carbocycles. The van der Waals surface area contributed by atoms with E-state index in [0.717, 1.165) is 18.8 Å². The summed E-state index contributed by atoms with van der Waals surface area (Å²) in [4.78, 5) is 20.5. The van der Waals surface area contributed by atoms with Crippen LogP contribution < -0.4 is 10.6 Å². The van der Waals surface area contributed by atoms with Crippen LogP contribution in [0.3, 0.4) is 0 Å². The van der Waals surface area contributed by atoms with Crippen molar-refractivity contribution in [2.24, 2.45) is 5.73 Å². The van der Waals surface area contributed by atoms with Crippen molar-refractivity contribution in [2.45, 2.75) is 18.9 Å². The quantitative estimate of drug-likeness (QED) is 0.749. The molecule has 1 fully saturated rings. The number of hydrogen-bond acceptors (Lipinski definition) is 4. The van der Waals surface area contributed by atoms with Crippen molar-refractivity contribution in [2.75, 3.05) is 11.4 Å². The highest BCUT2D eigenvalue weighted by Gasteiger charge is 2.30. The van der Waals surface area contributed by atoms with Crippen LogP contribution in [0.15, 0.2) is 12.4 Å². The van der Waals surface area contributed by atoms with Gasteiger partial charge in [0.1, 0.15) is 6.04 Å². The number of carbonyl (C=O) groups excluding carboxylic acids is 1. The number of rotatable bonds is 2. The zero-order chi connectivity index (χ0) is 10.8. The van der Waals surface area contributed by atoms with E-state index in [-0.39, 0.29) is 11.9 Å². The molecule has 80 valence electrons. The lowest BCUT2D eigenvalue weighted by Crippen LogP contribution is -2.41. The van der Waals surface area contributed by atoms with Crippen LogP contribution in [0.25, 0.3) is 0 Å². The van der Waals surface area contributed by atoms with E-state index in [1.54, 1.807) is 4.90 Å². The van der Waals surface area contributed by atoms with Crippen molar-refractivity contribution in [3.8, 4) is 0 Å². The van der Waals surface area contributed by atoms with Crippen LogP contribution in [0.4, 0.5) is 10.3 Å². The van der Waals surface area contributed by atoms with Crippen LogP contribution in [-0.2, 0) is 4.79 Å². The number of aromatic nitrogens is 2. The lowest BCUT2D eigenvalue weighted by molar-refractivity contribution is -0.119. The topological polar surface area (TPSA) is 72.1 Å². The fraction of sp³-hybridized carbons (Fsp3) is 0.444. The normalized spacial score (nSPS) is 20.6. The Hall–Kier alpha value is -1.72. The summed E-state index contributed by atoms with van der Waals surface area (Å²) < 4.78 is 12.6. The molecule has 1 saturated heterocycles. The molecule has 1 aromatic rings. The van der Waals surface area contributed by atoms with Gasteiger partial charge in [0.05, 0.1) is 12.4 Å². The first-order chi connectivity index (χ1) is 7.18. The van der Waals surface area contributed by atoms with E-state index >= 15 is 0 Å². The second-order valence-corrected chi connectivity index (χ2v) is 3.46. The van der Waals surface area contributed by atoms with Gasteiger partial charge in [-0.3, -0.25) is 4.79 Å². The standard InChI is InChI=1S/C9H11FN4O/c10-6-4-12-9(13-5-6)14-3-1-2-7(14)8(11)15/h4-5,7H,1-3H2,(H2,11,15). The van der Waals surface area contributed by atoms with Gasteiger partial charge >= 0.3 is 0 Å². The van der Waals surface area contributed by atoms with Crippen LogP contribution in [0.2, 0.25) is 0 Å². The Labute approximate surface area is 86.1 Å². The van der Waals surface area contributed by atoms with E-state index < -0.39 is 5.82 Å². The first-order valence-electron chi connectivity index (χ1n) is 4.72. The van der Waals surface area contributed by atoms with E-state index in [4.69, 9.17) is 5.73 Å². The van der Waals surface area contributed by atoms with Crippen molar-refractivity contribution in [3.63, 3.8) is 0 Å². The van der Waals surface area contributed by atoms with Gasteiger partial charge in [0, 0.05) is 6.54 Å². The molecule has 0 saturated carbocycles. The van der Waals surface area contributed by atoms with Crippen molar-refractivity contribution < 1.29 is 9.18 Å². The Bertz CT molecular complexity index is 367. The molecule has 0 radical (unpaired) electrons. The molecular formula is C9H11FN4O. The maximum atomic E-state index is 12.6. The molecule has 0 aromatic carbocycles. The molecule has 1 amide bonds. The van der Waals surface area contributed by atoms with E-state index in [1.165, 1.54) is 0 Å². The molecule has 2 rings (SSSR count). The van der Waals surface area contributed by atoms with Gasteiger partial charge < -0.3 is 10.6 Å². The summed E-state index contributed by atoms with van der Waals surface area (Å²) in [7, 11) is 0. The number of hydrogen-bond donors (Lipinski definition) is 1. The summed E-state index contributed by atoms with van der Waals surface area (Å²) in [6.07, 6.45) is 3.74. The number of amides is 1. The predicted octanol–water partition coefficient (Wildman–Crippen LogP) is 0.0698. The molecule has 6 heteroatoms. The van der Waals surface area contributed by atoms with E-state index in [1.807, 2.05) is 0 Å². The zero-order valence-corrected chi connectivity index (χ0v) is 8.06. The Morgan fingerprint density at radius 1 is 1.53 bits per heavy atom. The van der Waals surface area contributed by atoms with Crippen LogP contribution in [-0.4, -0.2) is 28.5 Å². The van der Waals surface area contributed by atoms with Gasteiger partial charge in [-0.1, -0.05) is 0 Å². The van der Waals surface area contributed by atoms with Crippen molar-refractivity contribution in [1.82, 2.24) is 9.97 Å². The monoisotopic (exact) mass is 210 g/mol. The number of halogens is 1. The fourth-order valence-electron chi connectivity index (χ4n) is 1.76. The molecule has 0 spiro atoms. The van der Waals surface area contributed by atoms with Crippen molar-refractivity contribution in [1.29, 1.82) is 0 Å². The summed E-state index contributed by atoms with van der Waals surface area (Å²) in [6, 6.07) is -0.365. The second kappa shape index (κ2) is 3.80. The first-order valence-corrected chi connectivity index (χ1v) is 4.72. The molecule has 1 aromatic heterocycles. The largest absolute Gasteiger partial charge is 0.368 e. The maximum Gasteiger partial charge on any atom is 0.240 e. The minimum absolute atomic E-state index is 0.359. The number of primary amides is 1. The number of nitrogens with zero attached hydrogens (tertiary/aromatic N) is 3. The SMILES string of the molecule is NC(=O)C1CCCN1c1ncc(F)cn1. The second-order valence-electron chi connectivity index (χ2n) is 3.46. The summed E-state index contributed by atoms with van der Waals surface area (Å²) in [5, 5.41) is 0. The van der Waals surface area contributed by atoms with E-state index in [2.05, 4.69) is 9.97 Å². The molecule has 15 heavy (non-hydrogen) atoms. The highest BCUT2D eigenvalue weighted by molar-refractivity contribution is 5.83. The van der Waals surface area contributed by atoms with Crippen LogP contribution in [0.5, 0.6) is 0 Å². The minimum atomic E-state index is -0.492. The lowest BCUT2D eigenvalue weighted by Gasteiger charge is -2.21. The third kappa shape index (κ3) is 1.88. The summed E-state index contributed by atoms with van der Waals surface area (Å²) in [6.45, 7) is 0.680. The molecule has 1 unspecified atom stereocenters. The highest BCUT2D eigenvalue weighted by Crippen LogP contribution is 2.21. The Balaban J connectivity index is 2.22. The average molecular weight is 210 g/mol. The molecule has 2 N–H and O–H groups in total. The Morgan fingerprint density at radius 2 is 2.20 bits per heavy atom. The summed E-state index contributed by atoms with van der Waals surface area (Å²) in [5.74, 6) is -0.522. The number of carbonyl (C=O) groups is 1. The van der Waals surface area contributed by atoms with E-state index in [0.29, 0.717) is 18.9 Å². The third-order valence-electron chi connectivity index (χ3n) is 2.44. The van der Waals surface area contributed by atoms with Gasteiger partial charge in [0.15, 0.2) is 5.82 Å². The maximum absolute atomic E-state index is 12.6. The van der Waals surface area contributed by atoms with Crippen LogP contribution >= 0.6 is 0 Å². The smallest absolute Gasteiger partial charge is 0.240 e. The van der Waals surface area contributed by atoms with Gasteiger partial charge in [-0.25, -0.2) is 14.4 Å². The fourth-order valence-corrected chi connectivity index (χ4v) is 1.76. The van der Waals surface area contributed by atoms with Gasteiger partial charge in [-0.2, -0.15) is 0 Å². The molecular weight excluding hydrogens is 199 g/mol. The summed E-state index contributed by atoms with van der Waals surface area (Å²) in [5.41, 5.74) is 5.25. The average Bonchev–Trinajstić information content (AvgIpc) is 2.67. The van der Waals surface area contributed by atoms with Gasteiger partial charge in [0.25, 0.3) is 0 Å². The molecule has 5 nitrogen and oxygen atoms in total. The van der Waals surface area contributed by atoms with Crippen molar-refractivity contribution >= 4 is 11.9 Å². The zero-order valence-electron chi connectivity index (χ0n) is 8.06. The first kappa shape index (κ1) is 9.82. The van der Waals surface area contributed by atoms with Crippen LogP contribution in [0, 0.1) is 5.82 Å². The Morgan fingerprint density at radius 3 is 2.80 bits per heavy atom. The summed E-state index contributed by atoms with van der Waals surface area (Å²) >= 11 is 0. The predicted molar refractivity (Wildman–Crippen MR) is 51.6 cm³/mol. The molecule has 2 heterocycles. The third-order valence-corrected chi connectivity index (χ3v) is 2.44. The highest BCUT2D eigenvalue weighted by atomic mass is 19.1. The van der Waals surface area contributed by atoms with Gasteiger partial charge in [-0.05, 0) is 12.8 Å². The number of nitrogens with two attached hydrogens (primary N) is 1. The lowest BCUT2D eigenvalue weighted by atomic mass is 10.2. The molecule has 1 aliphatic rings. The molecule has 1 aliphatic heterocycles. The molecule has 1 atom stereocenters. The van der Waals surface area contributed by atoms with Crippen LogP contribution in [0.1, 0.15) is 12.8 Å². The van der Waals surface area contributed by atoms with Gasteiger partial charge in [0.2, 0.25) is 11.9 Å². The van der Waals surface area contributed by atoms with E-state index in [9.17, 15) is 9.18 Å². The minimum Gasteiger partial charge on any atom is -0.368 e. The molecule has 0 bridgehead atoms.